The van der Waals surface area contributed by atoms with Crippen LogP contribution in [0.25, 0.3) is 0 Å². The molecular formula is C22H17Cl4N3O4. The van der Waals surface area contributed by atoms with E-state index in [0.29, 0.717) is 27.7 Å². The third kappa shape index (κ3) is 2.76. The first-order chi connectivity index (χ1) is 15.6. The Bertz CT molecular complexity index is 1220. The number of benzene rings is 2. The second-order valence-electron chi connectivity index (χ2n) is 8.93. The van der Waals surface area contributed by atoms with Crippen LogP contribution >= 0.6 is 46.4 Å². The summed E-state index contributed by atoms with van der Waals surface area (Å²) in [5.74, 6) is -2.61. The van der Waals surface area contributed by atoms with Crippen LogP contribution in [0.1, 0.15) is 12.0 Å². The minimum atomic E-state index is -1.33. The van der Waals surface area contributed by atoms with Crippen molar-refractivity contribution in [1.82, 2.24) is 4.90 Å². The van der Waals surface area contributed by atoms with Gasteiger partial charge in [-0.3, -0.25) is 14.5 Å². The molecule has 0 aromatic heterocycles. The summed E-state index contributed by atoms with van der Waals surface area (Å²) in [6.07, 6.45) is -1.68. The van der Waals surface area contributed by atoms with Crippen molar-refractivity contribution < 1.29 is 19.8 Å². The number of halogens is 4. The fourth-order valence-electron chi connectivity index (χ4n) is 6.33. The first kappa shape index (κ1) is 21.9. The molecule has 3 saturated heterocycles. The van der Waals surface area contributed by atoms with Gasteiger partial charge in [-0.25, -0.2) is 4.90 Å². The summed E-state index contributed by atoms with van der Waals surface area (Å²) in [6, 6.07) is 7.27. The molecule has 172 valence electrons. The zero-order valence-electron chi connectivity index (χ0n) is 16.8. The Morgan fingerprint density at radius 3 is 2.30 bits per heavy atom. The third-order valence-corrected chi connectivity index (χ3v) is 8.28. The lowest BCUT2D eigenvalue weighted by Gasteiger charge is -2.41. The van der Waals surface area contributed by atoms with E-state index >= 15 is 0 Å². The van der Waals surface area contributed by atoms with Gasteiger partial charge >= 0.3 is 0 Å². The molecule has 2 aromatic rings. The van der Waals surface area contributed by atoms with Crippen molar-refractivity contribution in [1.29, 1.82) is 0 Å². The molecule has 7 nitrogen and oxygen atoms in total. The van der Waals surface area contributed by atoms with Gasteiger partial charge in [0.05, 0.1) is 34.3 Å². The second-order valence-corrected chi connectivity index (χ2v) is 10.7. The molecule has 1 spiro atoms. The molecule has 0 radical (unpaired) electrons. The number of fused-ring (bicyclic) bond motifs is 7. The molecule has 2 amide bonds. The fourth-order valence-corrected chi connectivity index (χ4v) is 7.39. The van der Waals surface area contributed by atoms with Crippen LogP contribution in [0.15, 0.2) is 30.3 Å². The summed E-state index contributed by atoms with van der Waals surface area (Å²) in [5.41, 5.74) is -0.0763. The zero-order chi connectivity index (χ0) is 23.4. The average Bonchev–Trinajstić information content (AvgIpc) is 3.37. The van der Waals surface area contributed by atoms with Crippen LogP contribution in [-0.4, -0.2) is 51.8 Å². The molecular weight excluding hydrogens is 512 g/mol. The molecule has 1 unspecified atom stereocenters. The van der Waals surface area contributed by atoms with Crippen molar-refractivity contribution in [3.8, 4) is 0 Å². The lowest BCUT2D eigenvalue weighted by atomic mass is 9.74. The van der Waals surface area contributed by atoms with Gasteiger partial charge in [0.1, 0.15) is 11.8 Å². The number of anilines is 2. The van der Waals surface area contributed by atoms with E-state index in [4.69, 9.17) is 46.4 Å². The number of hydrogen-bond donors (Lipinski definition) is 3. The van der Waals surface area contributed by atoms with E-state index in [-0.39, 0.29) is 22.3 Å². The summed E-state index contributed by atoms with van der Waals surface area (Å²) in [6.45, 7) is 0.198. The quantitative estimate of drug-likeness (QED) is 0.491. The highest BCUT2D eigenvalue weighted by Gasteiger charge is 2.75. The number of rotatable bonds is 1. The van der Waals surface area contributed by atoms with E-state index < -0.39 is 47.6 Å². The highest BCUT2D eigenvalue weighted by molar-refractivity contribution is 6.37. The van der Waals surface area contributed by atoms with Gasteiger partial charge in [0.15, 0.2) is 0 Å². The van der Waals surface area contributed by atoms with Crippen molar-refractivity contribution in [3.05, 3.63) is 56.0 Å². The monoisotopic (exact) mass is 527 g/mol. The van der Waals surface area contributed by atoms with Crippen LogP contribution in [-0.2, 0) is 15.1 Å². The molecule has 33 heavy (non-hydrogen) atoms. The third-order valence-electron chi connectivity index (χ3n) is 7.33. The normalized spacial score (nSPS) is 34.7. The zero-order valence-corrected chi connectivity index (χ0v) is 19.8. The van der Waals surface area contributed by atoms with Gasteiger partial charge in [-0.2, -0.15) is 0 Å². The van der Waals surface area contributed by atoms with Crippen molar-refractivity contribution in [2.24, 2.45) is 11.8 Å². The molecule has 11 heteroatoms. The van der Waals surface area contributed by atoms with Crippen molar-refractivity contribution >= 4 is 69.6 Å². The molecule has 4 aliphatic heterocycles. The molecule has 4 aliphatic rings. The predicted molar refractivity (Wildman–Crippen MR) is 125 cm³/mol. The first-order valence-corrected chi connectivity index (χ1v) is 11.9. The summed E-state index contributed by atoms with van der Waals surface area (Å²) in [4.78, 5) is 30.6. The Morgan fingerprint density at radius 2 is 1.61 bits per heavy atom. The number of hydrogen-bond acceptors (Lipinski definition) is 6. The molecule has 3 N–H and O–H groups in total. The number of carbonyl (C=O) groups is 2. The second kappa shape index (κ2) is 7.21. The maximum absolute atomic E-state index is 13.9. The van der Waals surface area contributed by atoms with E-state index in [1.165, 1.54) is 18.2 Å². The van der Waals surface area contributed by atoms with Gasteiger partial charge in [-0.15, -0.1) is 0 Å². The lowest BCUT2D eigenvalue weighted by Crippen LogP contribution is -2.56. The number of nitrogens with one attached hydrogen (secondary N) is 1. The molecule has 0 aliphatic carbocycles. The van der Waals surface area contributed by atoms with Gasteiger partial charge in [-0.05, 0) is 36.8 Å². The lowest BCUT2D eigenvalue weighted by molar-refractivity contribution is -0.127. The average molecular weight is 529 g/mol. The van der Waals surface area contributed by atoms with E-state index in [1.54, 1.807) is 12.1 Å². The van der Waals surface area contributed by atoms with Crippen LogP contribution in [0, 0.1) is 11.8 Å². The fraction of sp³-hybridized carbons (Fsp3) is 0.364. The van der Waals surface area contributed by atoms with Gasteiger partial charge in [0, 0.05) is 33.2 Å². The van der Waals surface area contributed by atoms with Crippen LogP contribution < -0.4 is 10.2 Å². The number of imide groups is 1. The minimum Gasteiger partial charge on any atom is -0.392 e. The topological polar surface area (TPSA) is 93.1 Å². The smallest absolute Gasteiger partial charge is 0.240 e. The number of amides is 2. The molecule has 0 bridgehead atoms. The predicted octanol–water partition coefficient (Wildman–Crippen LogP) is 3.49. The van der Waals surface area contributed by atoms with Crippen LogP contribution in [0.2, 0.25) is 20.1 Å². The van der Waals surface area contributed by atoms with Crippen molar-refractivity contribution in [2.45, 2.75) is 30.3 Å². The maximum Gasteiger partial charge on any atom is 0.240 e. The Kier molecular flexibility index (Phi) is 4.79. The van der Waals surface area contributed by atoms with E-state index in [1.807, 2.05) is 4.90 Å². The summed E-state index contributed by atoms with van der Waals surface area (Å²) >= 11 is 25.0. The first-order valence-electron chi connectivity index (χ1n) is 10.4. The molecule has 4 heterocycles. The molecule has 6 rings (SSSR count). The summed E-state index contributed by atoms with van der Waals surface area (Å²) in [7, 11) is 0. The minimum absolute atomic E-state index is 0.198. The molecule has 3 fully saturated rings. The summed E-state index contributed by atoms with van der Waals surface area (Å²) in [5, 5.41) is 26.1. The van der Waals surface area contributed by atoms with E-state index in [9.17, 15) is 19.8 Å². The van der Waals surface area contributed by atoms with E-state index in [0.717, 1.165) is 4.90 Å². The van der Waals surface area contributed by atoms with Gasteiger partial charge in [0.2, 0.25) is 11.8 Å². The molecule has 2 aromatic carbocycles. The Balaban J connectivity index is 1.58. The standard InChI is InChI=1S/C22H17Cl4N3O4/c23-8-1-9(24)3-11(2-8)29-19(31)16-15-6-12(30)7-28(15)22(17(16)20(29)32)13-4-10(25)5-14(26)18(13)27-21(22)33/h1-5,12,15-17,21,27,30,33H,6-7H2/t12-,15+,16-,17+,21?,22-/m0/s1. The maximum atomic E-state index is 13.9. The number of aliphatic hydroxyl groups excluding tert-OH is 2. The molecule has 6 atom stereocenters. The Hall–Kier alpha value is -1.58. The van der Waals surface area contributed by atoms with Gasteiger partial charge < -0.3 is 15.5 Å². The largest absolute Gasteiger partial charge is 0.392 e. The summed E-state index contributed by atoms with van der Waals surface area (Å²) < 4.78 is 0. The van der Waals surface area contributed by atoms with Crippen LogP contribution in [0.5, 0.6) is 0 Å². The highest BCUT2D eigenvalue weighted by Crippen LogP contribution is 2.63. The Morgan fingerprint density at radius 1 is 0.939 bits per heavy atom. The molecule has 0 saturated carbocycles. The Labute approximate surface area is 208 Å². The highest BCUT2D eigenvalue weighted by atomic mass is 35.5. The van der Waals surface area contributed by atoms with E-state index in [2.05, 4.69) is 5.32 Å². The van der Waals surface area contributed by atoms with Crippen LogP contribution in [0.3, 0.4) is 0 Å². The number of aliphatic hydroxyl groups is 2. The number of carbonyl (C=O) groups excluding carboxylic acids is 2. The van der Waals surface area contributed by atoms with Crippen molar-refractivity contribution in [3.63, 3.8) is 0 Å². The number of nitrogens with zero attached hydrogens (tertiary/aromatic N) is 2. The van der Waals surface area contributed by atoms with Crippen molar-refractivity contribution in [2.75, 3.05) is 16.8 Å². The van der Waals surface area contributed by atoms with Gasteiger partial charge in [0.25, 0.3) is 0 Å². The van der Waals surface area contributed by atoms with Crippen LogP contribution in [0.4, 0.5) is 11.4 Å². The van der Waals surface area contributed by atoms with Gasteiger partial charge in [-0.1, -0.05) is 46.4 Å². The SMILES string of the molecule is O=C1[C@H]2[C@H]3C[C@H](O)CN3[C@@]3(c4cc(Cl)cc(Cl)c4NC3O)[C@H]2C(=O)N1c1cc(Cl)cc(Cl)c1.